The molecule has 1 aliphatic rings. The molecule has 1 N–H and O–H groups in total. The van der Waals surface area contributed by atoms with E-state index >= 15 is 0 Å². The first-order chi connectivity index (χ1) is 12.2. The Morgan fingerprint density at radius 2 is 1.92 bits per heavy atom. The molecule has 5 heteroatoms. The van der Waals surface area contributed by atoms with Crippen molar-refractivity contribution in [2.45, 2.75) is 25.6 Å². The molecule has 2 atom stereocenters. The third-order valence-corrected chi connectivity index (χ3v) is 6.01. The Labute approximate surface area is 157 Å². The Balaban J connectivity index is 1.74. The third-order valence-electron chi connectivity index (χ3n) is 4.56. The molecule has 0 radical (unpaired) electrons. The Hall–Kier alpha value is -2.24. The summed E-state index contributed by atoms with van der Waals surface area (Å²) in [6, 6.07) is 18.9. The van der Waals surface area contributed by atoms with Gasteiger partial charge in [0.1, 0.15) is 0 Å². The van der Waals surface area contributed by atoms with Gasteiger partial charge >= 0.3 is 0 Å². The van der Waals surface area contributed by atoms with Gasteiger partial charge in [-0.3, -0.25) is 4.98 Å². The number of thiophene rings is 1. The highest BCUT2D eigenvalue weighted by Gasteiger charge is 2.40. The van der Waals surface area contributed by atoms with Gasteiger partial charge in [0.05, 0.1) is 17.8 Å². The fourth-order valence-corrected chi connectivity index (χ4v) is 4.71. The lowest BCUT2D eigenvalue weighted by atomic mass is 10.0. The second-order valence-corrected chi connectivity index (χ2v) is 7.54. The molecule has 3 aromatic rings. The molecule has 0 aliphatic carbocycles. The Bertz CT molecular complexity index is 861. The number of pyridine rings is 1. The molecule has 2 aromatic heterocycles. The van der Waals surface area contributed by atoms with Crippen molar-refractivity contribution < 1.29 is 0 Å². The first kappa shape index (κ1) is 16.2. The predicted molar refractivity (Wildman–Crippen MR) is 106 cm³/mol. The van der Waals surface area contributed by atoms with E-state index < -0.39 is 0 Å². The van der Waals surface area contributed by atoms with E-state index in [0.29, 0.717) is 0 Å². The smallest absolute Gasteiger partial charge is 0.170 e. The summed E-state index contributed by atoms with van der Waals surface area (Å²) in [5.41, 5.74) is 3.59. The number of thiocarbonyl (C=S) groups is 1. The van der Waals surface area contributed by atoms with Crippen molar-refractivity contribution in [2.75, 3.05) is 0 Å². The van der Waals surface area contributed by atoms with Crippen LogP contribution in [0.3, 0.4) is 0 Å². The Morgan fingerprint density at radius 3 is 2.60 bits per heavy atom. The molecule has 0 amide bonds. The fourth-order valence-electron chi connectivity index (χ4n) is 3.33. The van der Waals surface area contributed by atoms with Crippen LogP contribution >= 0.6 is 23.6 Å². The third kappa shape index (κ3) is 3.17. The van der Waals surface area contributed by atoms with Crippen LogP contribution in [0, 0.1) is 6.92 Å². The first-order valence-corrected chi connectivity index (χ1v) is 9.59. The van der Waals surface area contributed by atoms with Crippen LogP contribution in [-0.2, 0) is 6.54 Å². The molecule has 0 spiro atoms. The molecular formula is C20H19N3S2. The minimum absolute atomic E-state index is 0.0646. The second kappa shape index (κ2) is 6.94. The predicted octanol–water partition coefficient (Wildman–Crippen LogP) is 4.62. The summed E-state index contributed by atoms with van der Waals surface area (Å²) in [7, 11) is 0. The Kier molecular flexibility index (Phi) is 4.51. The number of benzene rings is 1. The quantitative estimate of drug-likeness (QED) is 0.683. The summed E-state index contributed by atoms with van der Waals surface area (Å²) >= 11 is 7.50. The van der Waals surface area contributed by atoms with Crippen LogP contribution in [0.15, 0.2) is 66.2 Å². The molecule has 1 aliphatic heterocycles. The zero-order chi connectivity index (χ0) is 17.2. The normalized spacial score (nSPS) is 19.9. The van der Waals surface area contributed by atoms with E-state index in [0.717, 1.165) is 17.4 Å². The van der Waals surface area contributed by atoms with E-state index in [1.807, 2.05) is 24.4 Å². The summed E-state index contributed by atoms with van der Waals surface area (Å²) in [6.07, 6.45) is 1.85. The van der Waals surface area contributed by atoms with E-state index in [2.05, 4.69) is 63.9 Å². The van der Waals surface area contributed by atoms with E-state index in [9.17, 15) is 0 Å². The highest BCUT2D eigenvalue weighted by molar-refractivity contribution is 7.80. The molecule has 25 heavy (non-hydrogen) atoms. The van der Waals surface area contributed by atoms with Crippen molar-refractivity contribution in [3.05, 3.63) is 87.9 Å². The lowest BCUT2D eigenvalue weighted by Crippen LogP contribution is -2.29. The summed E-state index contributed by atoms with van der Waals surface area (Å²) in [5.74, 6) is 0. The zero-order valence-electron chi connectivity index (χ0n) is 13.9. The van der Waals surface area contributed by atoms with Gasteiger partial charge < -0.3 is 10.2 Å². The van der Waals surface area contributed by atoms with E-state index in [-0.39, 0.29) is 12.1 Å². The summed E-state index contributed by atoms with van der Waals surface area (Å²) in [6.45, 7) is 2.96. The minimum Gasteiger partial charge on any atom is -0.352 e. The number of rotatable bonds is 4. The lowest BCUT2D eigenvalue weighted by Gasteiger charge is -2.27. The average Bonchev–Trinajstić information content (AvgIpc) is 3.20. The maximum Gasteiger partial charge on any atom is 0.170 e. The molecule has 126 valence electrons. The summed E-state index contributed by atoms with van der Waals surface area (Å²) < 4.78 is 0. The van der Waals surface area contributed by atoms with Gasteiger partial charge in [0.15, 0.2) is 5.11 Å². The maximum absolute atomic E-state index is 5.70. The van der Waals surface area contributed by atoms with Gasteiger partial charge in [0, 0.05) is 17.6 Å². The molecule has 0 saturated carbocycles. The minimum atomic E-state index is 0.0646. The van der Waals surface area contributed by atoms with Crippen LogP contribution < -0.4 is 5.32 Å². The molecule has 1 aromatic carbocycles. The largest absolute Gasteiger partial charge is 0.352 e. The summed E-state index contributed by atoms with van der Waals surface area (Å²) in [4.78, 5) is 8.22. The van der Waals surface area contributed by atoms with Crippen molar-refractivity contribution in [3.63, 3.8) is 0 Å². The molecule has 3 nitrogen and oxygen atoms in total. The van der Waals surface area contributed by atoms with Crippen molar-refractivity contribution >= 4 is 28.7 Å². The van der Waals surface area contributed by atoms with E-state index in [1.165, 1.54) is 16.0 Å². The molecule has 0 unspecified atom stereocenters. The number of aryl methyl sites for hydroxylation is 1. The van der Waals surface area contributed by atoms with Gasteiger partial charge in [-0.1, -0.05) is 36.4 Å². The van der Waals surface area contributed by atoms with Crippen LogP contribution in [0.4, 0.5) is 0 Å². The van der Waals surface area contributed by atoms with Crippen LogP contribution in [0.5, 0.6) is 0 Å². The zero-order valence-corrected chi connectivity index (χ0v) is 15.6. The van der Waals surface area contributed by atoms with Gasteiger partial charge in [-0.2, -0.15) is 0 Å². The topological polar surface area (TPSA) is 28.2 Å². The highest BCUT2D eigenvalue weighted by Crippen LogP contribution is 2.42. The molecule has 3 heterocycles. The summed E-state index contributed by atoms with van der Waals surface area (Å²) in [5, 5.41) is 6.45. The van der Waals surface area contributed by atoms with E-state index in [4.69, 9.17) is 12.2 Å². The van der Waals surface area contributed by atoms with Crippen LogP contribution in [0.25, 0.3) is 0 Å². The number of hydrogen-bond donors (Lipinski definition) is 1. The molecule has 1 saturated heterocycles. The maximum atomic E-state index is 5.70. The van der Waals surface area contributed by atoms with Gasteiger partial charge in [-0.25, -0.2) is 0 Å². The van der Waals surface area contributed by atoms with Crippen LogP contribution in [0.1, 0.15) is 33.8 Å². The highest BCUT2D eigenvalue weighted by atomic mass is 32.1. The average molecular weight is 366 g/mol. The van der Waals surface area contributed by atoms with Crippen molar-refractivity contribution in [1.82, 2.24) is 15.2 Å². The number of hydrogen-bond acceptors (Lipinski definition) is 3. The van der Waals surface area contributed by atoms with Crippen molar-refractivity contribution in [2.24, 2.45) is 0 Å². The van der Waals surface area contributed by atoms with E-state index in [1.54, 1.807) is 11.3 Å². The SMILES string of the molecule is Cc1ccsc1[C@H]1[C@@H](c2ccccn2)NC(=S)N1Cc1ccccc1. The fraction of sp³-hybridized carbons (Fsp3) is 0.200. The van der Waals surface area contributed by atoms with Crippen LogP contribution in [-0.4, -0.2) is 15.0 Å². The molecule has 0 bridgehead atoms. The van der Waals surface area contributed by atoms with Crippen molar-refractivity contribution in [3.8, 4) is 0 Å². The number of aromatic nitrogens is 1. The van der Waals surface area contributed by atoms with Gasteiger partial charge in [0.2, 0.25) is 0 Å². The number of nitrogens with zero attached hydrogens (tertiary/aromatic N) is 2. The molecular weight excluding hydrogens is 346 g/mol. The van der Waals surface area contributed by atoms with Gasteiger partial charge in [-0.05, 0) is 53.8 Å². The second-order valence-electron chi connectivity index (χ2n) is 6.21. The Morgan fingerprint density at radius 1 is 1.12 bits per heavy atom. The van der Waals surface area contributed by atoms with Gasteiger partial charge in [-0.15, -0.1) is 11.3 Å². The number of nitrogens with one attached hydrogen (secondary N) is 1. The molecule has 1 fully saturated rings. The monoisotopic (exact) mass is 365 g/mol. The molecule has 4 rings (SSSR count). The standard InChI is InChI=1S/C20H19N3S2/c1-14-10-12-25-19(14)18-17(16-9-5-6-11-21-16)22-20(24)23(18)13-15-7-3-2-4-8-15/h2-12,17-18H,13H2,1H3,(H,22,24)/t17-,18-/m1/s1. The van der Waals surface area contributed by atoms with Gasteiger partial charge in [0.25, 0.3) is 0 Å². The van der Waals surface area contributed by atoms with Crippen LogP contribution in [0.2, 0.25) is 0 Å². The van der Waals surface area contributed by atoms with Crippen molar-refractivity contribution in [1.29, 1.82) is 0 Å². The lowest BCUT2D eigenvalue weighted by molar-refractivity contribution is 0.315. The first-order valence-electron chi connectivity index (χ1n) is 8.30.